The Labute approximate surface area is 208 Å². The molecule has 2 aromatic carbocycles. The first kappa shape index (κ1) is 26.2. The van der Waals surface area contributed by atoms with Crippen LogP contribution in [0.5, 0.6) is 0 Å². The number of amides is 2. The summed E-state index contributed by atoms with van der Waals surface area (Å²) >= 11 is 0. The minimum absolute atomic E-state index is 0.00693. The van der Waals surface area contributed by atoms with E-state index in [1.807, 2.05) is 80.6 Å². The standard InChI is InChI=1S/C29H36N2O4/c1-4-24-13-15-26(16-14-24)29(33)30(18-9-19-34-5-2)22-28(32)31(20-25-10-7-6-8-11-25)21-27-17-12-23(3)35-27/h6-8,10-17H,4-5,9,18-22H2,1-3H3. The number of hydrogen-bond donors (Lipinski definition) is 0. The van der Waals surface area contributed by atoms with Crippen LogP contribution in [0, 0.1) is 6.92 Å². The quantitative estimate of drug-likeness (QED) is 0.316. The van der Waals surface area contributed by atoms with Gasteiger partial charge in [-0.2, -0.15) is 0 Å². The highest BCUT2D eigenvalue weighted by atomic mass is 16.5. The summed E-state index contributed by atoms with van der Waals surface area (Å²) in [4.78, 5) is 30.3. The van der Waals surface area contributed by atoms with Crippen LogP contribution in [-0.4, -0.2) is 47.9 Å². The number of carbonyl (C=O) groups is 2. The van der Waals surface area contributed by atoms with Crippen LogP contribution >= 0.6 is 0 Å². The predicted molar refractivity (Wildman–Crippen MR) is 137 cm³/mol. The topological polar surface area (TPSA) is 63.0 Å². The van der Waals surface area contributed by atoms with Gasteiger partial charge in [0.15, 0.2) is 0 Å². The molecule has 0 fully saturated rings. The smallest absolute Gasteiger partial charge is 0.254 e. The van der Waals surface area contributed by atoms with Crippen molar-refractivity contribution in [1.29, 1.82) is 0 Å². The van der Waals surface area contributed by atoms with E-state index in [0.717, 1.165) is 23.5 Å². The molecule has 2 amide bonds. The summed E-state index contributed by atoms with van der Waals surface area (Å²) in [6, 6.07) is 21.3. The molecule has 3 rings (SSSR count). The van der Waals surface area contributed by atoms with Gasteiger partial charge in [-0.25, -0.2) is 0 Å². The minimum atomic E-state index is -0.147. The van der Waals surface area contributed by atoms with Crippen molar-refractivity contribution in [1.82, 2.24) is 9.80 Å². The Kier molecular flexibility index (Phi) is 10.1. The van der Waals surface area contributed by atoms with E-state index in [1.165, 1.54) is 5.56 Å². The van der Waals surface area contributed by atoms with Crippen LogP contribution in [0.15, 0.2) is 71.1 Å². The number of carbonyl (C=O) groups excluding carboxylic acids is 2. The number of aryl methyl sites for hydroxylation is 2. The van der Waals surface area contributed by atoms with Gasteiger partial charge in [0.2, 0.25) is 5.91 Å². The lowest BCUT2D eigenvalue weighted by Gasteiger charge is -2.27. The average molecular weight is 477 g/mol. The number of furan rings is 1. The van der Waals surface area contributed by atoms with Crippen molar-refractivity contribution in [2.45, 2.75) is 46.7 Å². The normalized spacial score (nSPS) is 10.8. The summed E-state index contributed by atoms with van der Waals surface area (Å²) in [6.07, 6.45) is 1.57. The Morgan fingerprint density at radius 2 is 1.60 bits per heavy atom. The second-order valence-corrected chi connectivity index (χ2v) is 8.58. The molecule has 0 aliphatic heterocycles. The first-order valence-electron chi connectivity index (χ1n) is 12.3. The monoisotopic (exact) mass is 476 g/mol. The Hall–Kier alpha value is -3.38. The summed E-state index contributed by atoms with van der Waals surface area (Å²) in [5.41, 5.74) is 2.78. The van der Waals surface area contributed by atoms with Gasteiger partial charge in [-0.05, 0) is 62.1 Å². The van der Waals surface area contributed by atoms with Crippen molar-refractivity contribution >= 4 is 11.8 Å². The number of rotatable bonds is 13. The second-order valence-electron chi connectivity index (χ2n) is 8.58. The van der Waals surface area contributed by atoms with E-state index in [-0.39, 0.29) is 18.4 Å². The van der Waals surface area contributed by atoms with Gasteiger partial charge in [-0.15, -0.1) is 0 Å². The van der Waals surface area contributed by atoms with Gasteiger partial charge in [-0.1, -0.05) is 49.4 Å². The molecule has 35 heavy (non-hydrogen) atoms. The molecule has 6 nitrogen and oxygen atoms in total. The fourth-order valence-corrected chi connectivity index (χ4v) is 3.88. The van der Waals surface area contributed by atoms with Crippen LogP contribution in [-0.2, 0) is 29.0 Å². The number of nitrogens with zero attached hydrogens (tertiary/aromatic N) is 2. The molecule has 0 radical (unpaired) electrons. The largest absolute Gasteiger partial charge is 0.464 e. The molecular formula is C29H36N2O4. The van der Waals surface area contributed by atoms with Gasteiger partial charge in [0.25, 0.3) is 5.91 Å². The molecule has 0 spiro atoms. The maximum atomic E-state index is 13.6. The lowest BCUT2D eigenvalue weighted by molar-refractivity contribution is -0.133. The molecule has 0 saturated heterocycles. The van der Waals surface area contributed by atoms with Crippen molar-refractivity contribution in [3.05, 3.63) is 94.9 Å². The minimum Gasteiger partial charge on any atom is -0.464 e. The fourth-order valence-electron chi connectivity index (χ4n) is 3.88. The highest BCUT2D eigenvalue weighted by Gasteiger charge is 2.23. The van der Waals surface area contributed by atoms with Crippen molar-refractivity contribution in [2.24, 2.45) is 0 Å². The van der Waals surface area contributed by atoms with Gasteiger partial charge in [0.1, 0.15) is 18.1 Å². The molecule has 1 aromatic heterocycles. The van der Waals surface area contributed by atoms with Crippen LogP contribution < -0.4 is 0 Å². The van der Waals surface area contributed by atoms with E-state index in [0.29, 0.717) is 44.8 Å². The Balaban J connectivity index is 1.78. The predicted octanol–water partition coefficient (Wildman–Crippen LogP) is 5.25. The van der Waals surface area contributed by atoms with Gasteiger partial charge in [0, 0.05) is 31.9 Å². The molecule has 0 bridgehead atoms. The van der Waals surface area contributed by atoms with Crippen molar-refractivity contribution in [3.8, 4) is 0 Å². The third-order valence-electron chi connectivity index (χ3n) is 5.85. The van der Waals surface area contributed by atoms with E-state index in [2.05, 4.69) is 6.92 Å². The third kappa shape index (κ3) is 8.11. The summed E-state index contributed by atoms with van der Waals surface area (Å²) in [5.74, 6) is 1.25. The molecule has 6 heteroatoms. The van der Waals surface area contributed by atoms with Crippen LogP contribution in [0.25, 0.3) is 0 Å². The Bertz CT molecular complexity index is 1060. The van der Waals surface area contributed by atoms with Crippen molar-refractivity contribution in [2.75, 3.05) is 26.3 Å². The molecular weight excluding hydrogens is 440 g/mol. The third-order valence-corrected chi connectivity index (χ3v) is 5.85. The van der Waals surface area contributed by atoms with E-state index in [4.69, 9.17) is 9.15 Å². The van der Waals surface area contributed by atoms with Gasteiger partial charge in [0.05, 0.1) is 6.54 Å². The van der Waals surface area contributed by atoms with Crippen molar-refractivity contribution < 1.29 is 18.7 Å². The number of hydrogen-bond acceptors (Lipinski definition) is 4. The maximum Gasteiger partial charge on any atom is 0.254 e. The molecule has 3 aromatic rings. The van der Waals surface area contributed by atoms with Gasteiger partial charge >= 0.3 is 0 Å². The summed E-state index contributed by atoms with van der Waals surface area (Å²) < 4.78 is 11.2. The lowest BCUT2D eigenvalue weighted by Crippen LogP contribution is -2.43. The van der Waals surface area contributed by atoms with Gasteiger partial charge in [-0.3, -0.25) is 9.59 Å². The highest BCUT2D eigenvalue weighted by molar-refractivity contribution is 5.96. The molecule has 1 heterocycles. The second kappa shape index (κ2) is 13.5. The molecule has 0 atom stereocenters. The van der Waals surface area contributed by atoms with E-state index >= 15 is 0 Å². The van der Waals surface area contributed by atoms with Crippen molar-refractivity contribution in [3.63, 3.8) is 0 Å². The first-order chi connectivity index (χ1) is 17.0. The zero-order valence-electron chi connectivity index (χ0n) is 21.0. The molecule has 0 saturated carbocycles. The first-order valence-corrected chi connectivity index (χ1v) is 12.3. The SMILES string of the molecule is CCOCCCN(CC(=O)N(Cc1ccccc1)Cc1ccc(C)o1)C(=O)c1ccc(CC)cc1. The van der Waals surface area contributed by atoms with Crippen LogP contribution in [0.2, 0.25) is 0 Å². The summed E-state index contributed by atoms with van der Waals surface area (Å²) in [6.45, 7) is 8.29. The van der Waals surface area contributed by atoms with Crippen LogP contribution in [0.4, 0.5) is 0 Å². The van der Waals surface area contributed by atoms with E-state index in [9.17, 15) is 9.59 Å². The summed E-state index contributed by atoms with van der Waals surface area (Å²) in [5, 5.41) is 0. The molecule has 0 aliphatic carbocycles. The van der Waals surface area contributed by atoms with Crippen LogP contribution in [0.3, 0.4) is 0 Å². The molecule has 186 valence electrons. The number of ether oxygens (including phenoxy) is 1. The lowest BCUT2D eigenvalue weighted by atomic mass is 10.1. The van der Waals surface area contributed by atoms with E-state index in [1.54, 1.807) is 9.80 Å². The maximum absolute atomic E-state index is 13.6. The zero-order valence-corrected chi connectivity index (χ0v) is 21.0. The van der Waals surface area contributed by atoms with Gasteiger partial charge < -0.3 is 19.0 Å². The Morgan fingerprint density at radius 3 is 2.23 bits per heavy atom. The molecule has 0 unspecified atom stereocenters. The molecule has 0 aliphatic rings. The van der Waals surface area contributed by atoms with Crippen LogP contribution in [0.1, 0.15) is 53.3 Å². The van der Waals surface area contributed by atoms with E-state index < -0.39 is 0 Å². The Morgan fingerprint density at radius 1 is 0.857 bits per heavy atom. The fraction of sp³-hybridized carbons (Fsp3) is 0.379. The summed E-state index contributed by atoms with van der Waals surface area (Å²) in [7, 11) is 0. The average Bonchev–Trinajstić information content (AvgIpc) is 3.30. The zero-order chi connectivity index (χ0) is 25.0. The number of benzene rings is 2. The molecule has 0 N–H and O–H groups in total. The highest BCUT2D eigenvalue weighted by Crippen LogP contribution is 2.15.